The van der Waals surface area contributed by atoms with Gasteiger partial charge in [-0.15, -0.1) is 0 Å². The number of aliphatic carboxylic acids is 1. The maximum Gasteiger partial charge on any atom is 0.314 e. The van der Waals surface area contributed by atoms with Crippen LogP contribution >= 0.6 is 0 Å². The molecule has 24 heavy (non-hydrogen) atoms. The van der Waals surface area contributed by atoms with Gasteiger partial charge in [-0.3, -0.25) is 4.79 Å². The second-order valence-electron chi connectivity index (χ2n) is 4.75. The monoisotopic (exact) mass is 350 g/mol. The first kappa shape index (κ1) is 30.1. The second kappa shape index (κ2) is 16.0. The van der Waals surface area contributed by atoms with Crippen LogP contribution in [0, 0.1) is 12.3 Å². The van der Waals surface area contributed by atoms with Gasteiger partial charge in [0, 0.05) is 11.4 Å². The molecule has 0 saturated heterocycles. The Morgan fingerprint density at radius 1 is 1.04 bits per heavy atom. The van der Waals surface area contributed by atoms with E-state index < -0.39 is 24.6 Å². The van der Waals surface area contributed by atoms with E-state index in [-0.39, 0.29) is 28.1 Å². The molecule has 0 fully saturated rings. The van der Waals surface area contributed by atoms with Crippen molar-refractivity contribution in [1.29, 1.82) is 0 Å². The Balaban J connectivity index is -0.000000128. The number of anilines is 2. The smallest absolute Gasteiger partial charge is 0.314 e. The number of nitrogen functional groups attached to an aromatic ring is 2. The average Bonchev–Trinajstić information content (AvgIpc) is 2.51. The highest BCUT2D eigenvalue weighted by atomic mass is 16.4. The van der Waals surface area contributed by atoms with Crippen molar-refractivity contribution in [3.8, 4) is 0 Å². The molecule has 144 valence electrons. The van der Waals surface area contributed by atoms with E-state index in [9.17, 15) is 4.79 Å². The number of aryl methyl sites for hydroxylation is 1. The number of hydrogen-bond acceptors (Lipinski definition) is 7. The SMILES string of the molecule is C.C.CC(CO)(CO)C(=O)O.Cc1ccc(N)cc1N.OCCO. The summed E-state index contributed by atoms with van der Waals surface area (Å²) in [4.78, 5) is 10.2. The number of rotatable bonds is 4. The number of carbonyl (C=O) groups is 1. The minimum atomic E-state index is -1.39. The number of aliphatic hydroxyl groups is 4. The maximum absolute atomic E-state index is 10.2. The minimum absolute atomic E-state index is 0. The lowest BCUT2D eigenvalue weighted by Gasteiger charge is -2.17. The lowest BCUT2D eigenvalue weighted by Crippen LogP contribution is -2.35. The molecule has 0 spiro atoms. The third kappa shape index (κ3) is 12.7. The van der Waals surface area contributed by atoms with Crippen LogP contribution in [-0.4, -0.2) is 57.9 Å². The molecule has 1 aromatic carbocycles. The first-order valence-corrected chi connectivity index (χ1v) is 6.47. The molecule has 0 radical (unpaired) electrons. The summed E-state index contributed by atoms with van der Waals surface area (Å²) in [6.07, 6.45) is 0. The van der Waals surface area contributed by atoms with Gasteiger partial charge in [0.05, 0.1) is 26.4 Å². The van der Waals surface area contributed by atoms with Crippen molar-refractivity contribution >= 4 is 17.3 Å². The third-order valence-corrected chi connectivity index (χ3v) is 2.62. The van der Waals surface area contributed by atoms with Crippen LogP contribution in [0.1, 0.15) is 27.3 Å². The molecule has 0 atom stereocenters. The highest BCUT2D eigenvalue weighted by molar-refractivity contribution is 5.74. The molecule has 0 aliphatic carbocycles. The topological polar surface area (TPSA) is 170 Å². The fourth-order valence-electron chi connectivity index (χ4n) is 0.844. The van der Waals surface area contributed by atoms with Crippen LogP contribution in [0.2, 0.25) is 0 Å². The van der Waals surface area contributed by atoms with Gasteiger partial charge in [-0.05, 0) is 31.5 Å². The van der Waals surface area contributed by atoms with E-state index in [0.29, 0.717) is 0 Å². The second-order valence-corrected chi connectivity index (χ2v) is 4.75. The van der Waals surface area contributed by atoms with E-state index in [1.165, 1.54) is 6.92 Å². The fraction of sp³-hybridized carbons (Fsp3) is 0.562. The van der Waals surface area contributed by atoms with Gasteiger partial charge in [0.25, 0.3) is 0 Å². The van der Waals surface area contributed by atoms with E-state index in [0.717, 1.165) is 16.9 Å². The minimum Gasteiger partial charge on any atom is -0.481 e. The lowest BCUT2D eigenvalue weighted by atomic mass is 9.94. The lowest BCUT2D eigenvalue weighted by molar-refractivity contribution is -0.152. The molecule has 8 heteroatoms. The van der Waals surface area contributed by atoms with Crippen LogP contribution in [0.15, 0.2) is 18.2 Å². The summed E-state index contributed by atoms with van der Waals surface area (Å²) in [6, 6.07) is 5.51. The molecule has 9 N–H and O–H groups in total. The summed E-state index contributed by atoms with van der Waals surface area (Å²) < 4.78 is 0. The van der Waals surface area contributed by atoms with Gasteiger partial charge in [-0.25, -0.2) is 0 Å². The first-order chi connectivity index (χ1) is 10.2. The molecule has 1 rings (SSSR count). The van der Waals surface area contributed by atoms with Gasteiger partial charge in [0.2, 0.25) is 0 Å². The Hall–Kier alpha value is -1.87. The van der Waals surface area contributed by atoms with Crippen LogP contribution in [-0.2, 0) is 4.79 Å². The normalized spacial score (nSPS) is 9.08. The summed E-state index contributed by atoms with van der Waals surface area (Å²) in [6.45, 7) is 1.89. The standard InChI is InChI=1S/C7H10N2.C5H10O4.C2H6O2.2CH4/c1-5-2-3-6(8)4-7(5)9;1-5(2-6,3-7)4(8)9;3-1-2-4;;/h2-4H,8-9H2,1H3;6-7H,2-3H2,1H3,(H,8,9);3-4H,1-2H2;2*1H4. The Labute approximate surface area is 144 Å². The highest BCUT2D eigenvalue weighted by Crippen LogP contribution is 2.13. The Bertz CT molecular complexity index is 435. The van der Waals surface area contributed by atoms with Crippen molar-refractivity contribution in [2.75, 3.05) is 37.9 Å². The molecule has 0 unspecified atom stereocenters. The van der Waals surface area contributed by atoms with Gasteiger partial charge in [-0.2, -0.15) is 0 Å². The third-order valence-electron chi connectivity index (χ3n) is 2.62. The number of hydrogen-bond donors (Lipinski definition) is 7. The molecular formula is C16H34N2O6. The molecule has 8 nitrogen and oxygen atoms in total. The largest absolute Gasteiger partial charge is 0.481 e. The molecule has 0 aliphatic rings. The van der Waals surface area contributed by atoms with Crippen LogP contribution in [0.25, 0.3) is 0 Å². The number of carboxylic acids is 1. The predicted octanol–water partition coefficient (Wildman–Crippen LogP) is 0.465. The Morgan fingerprint density at radius 2 is 1.46 bits per heavy atom. The zero-order chi connectivity index (χ0) is 17.8. The first-order valence-electron chi connectivity index (χ1n) is 6.47. The molecule has 0 aromatic heterocycles. The van der Waals surface area contributed by atoms with Crippen molar-refractivity contribution in [2.24, 2.45) is 5.41 Å². The van der Waals surface area contributed by atoms with Crippen LogP contribution in [0.3, 0.4) is 0 Å². The van der Waals surface area contributed by atoms with E-state index in [4.69, 9.17) is 37.0 Å². The van der Waals surface area contributed by atoms with E-state index in [2.05, 4.69) is 0 Å². The van der Waals surface area contributed by atoms with Gasteiger partial charge < -0.3 is 37.0 Å². The predicted molar refractivity (Wildman–Crippen MR) is 97.6 cm³/mol. The quantitative estimate of drug-likeness (QED) is 0.384. The van der Waals surface area contributed by atoms with Crippen molar-refractivity contribution in [2.45, 2.75) is 28.7 Å². The maximum atomic E-state index is 10.2. The zero-order valence-electron chi connectivity index (χ0n) is 12.9. The summed E-state index contributed by atoms with van der Waals surface area (Å²) in [5.74, 6) is -1.19. The van der Waals surface area contributed by atoms with Crippen LogP contribution in [0.5, 0.6) is 0 Å². The number of nitrogens with two attached hydrogens (primary N) is 2. The zero-order valence-corrected chi connectivity index (χ0v) is 12.9. The van der Waals surface area contributed by atoms with Gasteiger partial charge in [0.15, 0.2) is 0 Å². The summed E-state index contributed by atoms with van der Waals surface area (Å²) in [7, 11) is 0. The average molecular weight is 350 g/mol. The molecule has 0 amide bonds. The molecule has 1 aromatic rings. The Kier molecular flexibility index (Phi) is 20.0. The van der Waals surface area contributed by atoms with Crippen molar-refractivity contribution in [3.63, 3.8) is 0 Å². The highest BCUT2D eigenvalue weighted by Gasteiger charge is 2.31. The van der Waals surface area contributed by atoms with Crippen molar-refractivity contribution < 1.29 is 30.3 Å². The van der Waals surface area contributed by atoms with Crippen molar-refractivity contribution in [1.82, 2.24) is 0 Å². The number of benzene rings is 1. The van der Waals surface area contributed by atoms with Gasteiger partial charge in [0.1, 0.15) is 5.41 Å². The van der Waals surface area contributed by atoms with Gasteiger partial charge in [-0.1, -0.05) is 20.9 Å². The van der Waals surface area contributed by atoms with E-state index in [1.807, 2.05) is 19.1 Å². The summed E-state index contributed by atoms with van der Waals surface area (Å²) in [5.41, 5.74) is 12.2. The van der Waals surface area contributed by atoms with E-state index in [1.54, 1.807) is 6.07 Å². The molecule has 0 bridgehead atoms. The number of carboxylic acid groups (broad SMARTS) is 1. The molecule has 0 heterocycles. The van der Waals surface area contributed by atoms with Crippen LogP contribution < -0.4 is 11.5 Å². The molecule has 0 saturated carbocycles. The summed E-state index contributed by atoms with van der Waals surface area (Å²) in [5, 5.41) is 40.4. The Morgan fingerprint density at radius 3 is 1.62 bits per heavy atom. The molecular weight excluding hydrogens is 316 g/mol. The van der Waals surface area contributed by atoms with E-state index >= 15 is 0 Å². The number of aliphatic hydroxyl groups excluding tert-OH is 4. The van der Waals surface area contributed by atoms with Crippen LogP contribution in [0.4, 0.5) is 11.4 Å². The summed E-state index contributed by atoms with van der Waals surface area (Å²) >= 11 is 0. The fourth-order valence-corrected chi connectivity index (χ4v) is 0.844. The molecule has 0 aliphatic heterocycles. The van der Waals surface area contributed by atoms with Gasteiger partial charge >= 0.3 is 5.97 Å². The van der Waals surface area contributed by atoms with Crippen molar-refractivity contribution in [3.05, 3.63) is 23.8 Å².